The van der Waals surface area contributed by atoms with E-state index < -0.39 is 0 Å². The van der Waals surface area contributed by atoms with Crippen LogP contribution in [0.15, 0.2) is 12.3 Å². The molecule has 0 radical (unpaired) electrons. The molecule has 3 heteroatoms. The Morgan fingerprint density at radius 2 is 2.18 bits per heavy atom. The summed E-state index contributed by atoms with van der Waals surface area (Å²) in [4.78, 5) is 4.18. The van der Waals surface area contributed by atoms with Gasteiger partial charge in [-0.1, -0.05) is 13.3 Å². The molecule has 1 saturated carbocycles. The van der Waals surface area contributed by atoms with E-state index in [1.807, 2.05) is 13.0 Å². The van der Waals surface area contributed by atoms with Gasteiger partial charge in [-0.3, -0.25) is 4.98 Å². The molecule has 94 valence electrons. The Balaban J connectivity index is 2.13. The summed E-state index contributed by atoms with van der Waals surface area (Å²) in [5, 5.41) is 9.28. The van der Waals surface area contributed by atoms with Crippen molar-refractivity contribution in [2.75, 3.05) is 0 Å². The lowest BCUT2D eigenvalue weighted by molar-refractivity contribution is 0.0993. The van der Waals surface area contributed by atoms with Gasteiger partial charge < -0.3 is 9.84 Å². The van der Waals surface area contributed by atoms with Gasteiger partial charge in [-0.15, -0.1) is 0 Å². The Labute approximate surface area is 103 Å². The first kappa shape index (κ1) is 12.4. The summed E-state index contributed by atoms with van der Waals surface area (Å²) in [6, 6.07) is 1.92. The Morgan fingerprint density at radius 1 is 1.41 bits per heavy atom. The van der Waals surface area contributed by atoms with Crippen molar-refractivity contribution in [1.82, 2.24) is 4.98 Å². The molecule has 0 aliphatic heterocycles. The van der Waals surface area contributed by atoms with Crippen molar-refractivity contribution in [3.05, 3.63) is 23.5 Å². The molecule has 1 fully saturated rings. The number of ether oxygens (including phenoxy) is 1. The highest BCUT2D eigenvalue weighted by atomic mass is 16.5. The second-order valence-corrected chi connectivity index (χ2v) is 5.01. The van der Waals surface area contributed by atoms with E-state index in [-0.39, 0.29) is 12.7 Å². The number of aliphatic hydroxyl groups is 1. The molecular formula is C14H21NO2. The van der Waals surface area contributed by atoms with Gasteiger partial charge >= 0.3 is 0 Å². The molecule has 0 bridgehead atoms. The van der Waals surface area contributed by atoms with E-state index in [4.69, 9.17) is 4.74 Å². The molecule has 2 atom stereocenters. The molecule has 1 aliphatic rings. The largest absolute Gasteiger partial charge is 0.490 e. The fourth-order valence-corrected chi connectivity index (χ4v) is 2.41. The van der Waals surface area contributed by atoms with Crippen molar-refractivity contribution >= 4 is 0 Å². The molecule has 2 rings (SSSR count). The van der Waals surface area contributed by atoms with Crippen LogP contribution in [0.2, 0.25) is 0 Å². The first-order chi connectivity index (χ1) is 8.20. The molecule has 2 unspecified atom stereocenters. The summed E-state index contributed by atoms with van der Waals surface area (Å²) >= 11 is 0. The maximum absolute atomic E-state index is 9.28. The van der Waals surface area contributed by atoms with Crippen molar-refractivity contribution in [3.63, 3.8) is 0 Å². The first-order valence-electron chi connectivity index (χ1n) is 6.43. The third-order valence-electron chi connectivity index (χ3n) is 3.56. The van der Waals surface area contributed by atoms with E-state index in [2.05, 4.69) is 11.9 Å². The monoisotopic (exact) mass is 235 g/mol. The van der Waals surface area contributed by atoms with Crippen LogP contribution >= 0.6 is 0 Å². The lowest BCUT2D eigenvalue weighted by Crippen LogP contribution is -2.28. The summed E-state index contributed by atoms with van der Waals surface area (Å²) in [6.07, 6.45) is 6.90. The SMILES string of the molecule is Cc1cc(OC2CCCCC2C)c(CO)cn1. The average Bonchev–Trinajstić information content (AvgIpc) is 2.32. The highest BCUT2D eigenvalue weighted by Crippen LogP contribution is 2.29. The lowest BCUT2D eigenvalue weighted by Gasteiger charge is -2.30. The number of hydrogen-bond donors (Lipinski definition) is 1. The second kappa shape index (κ2) is 5.50. The third kappa shape index (κ3) is 2.97. The molecule has 17 heavy (non-hydrogen) atoms. The summed E-state index contributed by atoms with van der Waals surface area (Å²) in [5.41, 5.74) is 1.72. The van der Waals surface area contributed by atoms with Gasteiger partial charge in [0.25, 0.3) is 0 Å². The van der Waals surface area contributed by atoms with Crippen molar-refractivity contribution < 1.29 is 9.84 Å². The van der Waals surface area contributed by atoms with Gasteiger partial charge in [0, 0.05) is 23.5 Å². The van der Waals surface area contributed by atoms with Crippen molar-refractivity contribution in [1.29, 1.82) is 0 Å². The molecule has 3 nitrogen and oxygen atoms in total. The summed E-state index contributed by atoms with van der Waals surface area (Å²) in [7, 11) is 0. The fraction of sp³-hybridized carbons (Fsp3) is 0.643. The van der Waals surface area contributed by atoms with Crippen LogP contribution in [0.25, 0.3) is 0 Å². The minimum atomic E-state index is -0.0102. The van der Waals surface area contributed by atoms with Crippen LogP contribution in [-0.4, -0.2) is 16.2 Å². The number of pyridine rings is 1. The molecule has 0 amide bonds. The van der Waals surface area contributed by atoms with E-state index in [0.29, 0.717) is 5.92 Å². The third-order valence-corrected chi connectivity index (χ3v) is 3.56. The zero-order valence-electron chi connectivity index (χ0n) is 10.6. The van der Waals surface area contributed by atoms with Gasteiger partial charge in [0.05, 0.1) is 6.61 Å². The normalized spacial score (nSPS) is 24.6. The van der Waals surface area contributed by atoms with Gasteiger partial charge in [-0.05, 0) is 32.1 Å². The molecule has 0 spiro atoms. The van der Waals surface area contributed by atoms with Crippen LogP contribution in [0.5, 0.6) is 5.75 Å². The van der Waals surface area contributed by atoms with E-state index in [1.54, 1.807) is 6.20 Å². The molecule has 1 N–H and O–H groups in total. The molecule has 1 aliphatic carbocycles. The maximum atomic E-state index is 9.28. The van der Waals surface area contributed by atoms with E-state index in [0.717, 1.165) is 23.4 Å². The number of rotatable bonds is 3. The molecule has 1 aromatic rings. The number of aromatic nitrogens is 1. The second-order valence-electron chi connectivity index (χ2n) is 5.01. The van der Waals surface area contributed by atoms with Crippen LogP contribution in [0, 0.1) is 12.8 Å². The number of aryl methyl sites for hydroxylation is 1. The van der Waals surface area contributed by atoms with Gasteiger partial charge in [0.2, 0.25) is 0 Å². The Bertz CT molecular complexity index is 378. The minimum Gasteiger partial charge on any atom is -0.490 e. The molecule has 1 heterocycles. The maximum Gasteiger partial charge on any atom is 0.128 e. The fourth-order valence-electron chi connectivity index (χ4n) is 2.41. The van der Waals surface area contributed by atoms with Gasteiger partial charge in [0.15, 0.2) is 0 Å². The Kier molecular flexibility index (Phi) is 4.00. The van der Waals surface area contributed by atoms with Gasteiger partial charge in [-0.2, -0.15) is 0 Å². The minimum absolute atomic E-state index is 0.0102. The molecule has 0 saturated heterocycles. The summed E-state index contributed by atoms with van der Waals surface area (Å²) < 4.78 is 6.07. The zero-order chi connectivity index (χ0) is 12.3. The van der Waals surface area contributed by atoms with E-state index >= 15 is 0 Å². The average molecular weight is 235 g/mol. The number of nitrogens with zero attached hydrogens (tertiary/aromatic N) is 1. The number of aliphatic hydroxyl groups excluding tert-OH is 1. The predicted molar refractivity (Wildman–Crippen MR) is 66.9 cm³/mol. The van der Waals surface area contributed by atoms with Crippen molar-refractivity contribution in [3.8, 4) is 5.75 Å². The smallest absolute Gasteiger partial charge is 0.128 e. The lowest BCUT2D eigenvalue weighted by atomic mass is 9.88. The van der Waals surface area contributed by atoms with Crippen molar-refractivity contribution in [2.45, 2.75) is 52.2 Å². The molecular weight excluding hydrogens is 214 g/mol. The summed E-state index contributed by atoms with van der Waals surface area (Å²) in [6.45, 7) is 4.18. The Morgan fingerprint density at radius 3 is 2.88 bits per heavy atom. The van der Waals surface area contributed by atoms with Crippen LogP contribution in [0.4, 0.5) is 0 Å². The number of hydrogen-bond acceptors (Lipinski definition) is 3. The van der Waals surface area contributed by atoms with E-state index in [1.165, 1.54) is 19.3 Å². The van der Waals surface area contributed by atoms with Crippen LogP contribution in [0.1, 0.15) is 43.9 Å². The van der Waals surface area contributed by atoms with Crippen LogP contribution in [-0.2, 0) is 6.61 Å². The van der Waals surface area contributed by atoms with E-state index in [9.17, 15) is 5.11 Å². The Hall–Kier alpha value is -1.09. The van der Waals surface area contributed by atoms with Crippen molar-refractivity contribution in [2.24, 2.45) is 5.92 Å². The van der Waals surface area contributed by atoms with Gasteiger partial charge in [0.1, 0.15) is 11.9 Å². The summed E-state index contributed by atoms with van der Waals surface area (Å²) in [5.74, 6) is 1.41. The highest BCUT2D eigenvalue weighted by Gasteiger charge is 2.23. The highest BCUT2D eigenvalue weighted by molar-refractivity contribution is 5.32. The topological polar surface area (TPSA) is 42.4 Å². The quantitative estimate of drug-likeness (QED) is 0.876. The van der Waals surface area contributed by atoms with Crippen LogP contribution < -0.4 is 4.74 Å². The molecule has 0 aromatic carbocycles. The standard InChI is InChI=1S/C14H21NO2/c1-10-5-3-4-6-13(10)17-14-7-11(2)15-8-12(14)9-16/h7-8,10,13,16H,3-6,9H2,1-2H3. The van der Waals surface area contributed by atoms with Gasteiger partial charge in [-0.25, -0.2) is 0 Å². The predicted octanol–water partition coefficient (Wildman–Crippen LogP) is 2.84. The zero-order valence-corrected chi connectivity index (χ0v) is 10.6. The van der Waals surface area contributed by atoms with Crippen LogP contribution in [0.3, 0.4) is 0 Å². The first-order valence-corrected chi connectivity index (χ1v) is 6.43. The molecule has 1 aromatic heterocycles.